The van der Waals surface area contributed by atoms with Gasteiger partial charge in [0.2, 0.25) is 0 Å². The molecule has 0 aliphatic heterocycles. The molecule has 0 atom stereocenters. The maximum atomic E-state index is 13.6. The number of methoxy groups -OCH3 is 1. The maximum absolute atomic E-state index is 13.6. The van der Waals surface area contributed by atoms with Gasteiger partial charge in [0.1, 0.15) is 11.5 Å². The highest BCUT2D eigenvalue weighted by atomic mass is 32.1. The smallest absolute Gasteiger partial charge is 0.190 e. The molecule has 0 unspecified atom stereocenters. The van der Waals surface area contributed by atoms with Crippen molar-refractivity contribution in [3.05, 3.63) is 45.7 Å². The van der Waals surface area contributed by atoms with Gasteiger partial charge < -0.3 is 9.30 Å². The highest BCUT2D eigenvalue weighted by Gasteiger charge is 2.05. The van der Waals surface area contributed by atoms with E-state index in [0.29, 0.717) is 18.0 Å². The van der Waals surface area contributed by atoms with Gasteiger partial charge in [0.25, 0.3) is 0 Å². The Morgan fingerprint density at radius 3 is 2.84 bits per heavy atom. The topological polar surface area (TPSA) is 26.5 Å². The molecule has 1 aromatic carbocycles. The van der Waals surface area contributed by atoms with Crippen LogP contribution in [0.4, 0.5) is 14.5 Å². The van der Waals surface area contributed by atoms with Gasteiger partial charge >= 0.3 is 0 Å². The van der Waals surface area contributed by atoms with E-state index in [0.717, 1.165) is 11.8 Å². The van der Waals surface area contributed by atoms with Crippen LogP contribution in [0, 0.1) is 18.6 Å². The number of halogens is 2. The van der Waals surface area contributed by atoms with Crippen LogP contribution in [0.1, 0.15) is 5.69 Å². The van der Waals surface area contributed by atoms with E-state index in [1.807, 2.05) is 16.9 Å². The first-order valence-corrected chi connectivity index (χ1v) is 6.63. The number of ether oxygens (including phenoxy) is 1. The summed E-state index contributed by atoms with van der Waals surface area (Å²) in [6, 6.07) is 3.36. The first-order chi connectivity index (χ1) is 9.11. The van der Waals surface area contributed by atoms with Crippen LogP contribution in [0.15, 0.2) is 28.6 Å². The fourth-order valence-corrected chi connectivity index (χ4v) is 2.55. The van der Waals surface area contributed by atoms with Gasteiger partial charge in [0, 0.05) is 30.8 Å². The second kappa shape index (κ2) is 6.08. The van der Waals surface area contributed by atoms with E-state index in [1.54, 1.807) is 7.11 Å². The molecule has 0 aliphatic carbocycles. The Morgan fingerprint density at radius 2 is 2.16 bits per heavy atom. The van der Waals surface area contributed by atoms with Crippen LogP contribution in [0.3, 0.4) is 0 Å². The summed E-state index contributed by atoms with van der Waals surface area (Å²) in [6.07, 6.45) is 0. The molecule has 0 amide bonds. The molecule has 0 N–H and O–H groups in total. The molecule has 3 nitrogen and oxygen atoms in total. The molecule has 2 aromatic rings. The minimum absolute atomic E-state index is 0.134. The molecule has 0 saturated heterocycles. The Kier molecular flexibility index (Phi) is 4.44. The SMILES string of the molecule is COCCn1c(C)csc1=Nc1ccc(F)cc1F. The molecular formula is C13H14F2N2OS. The molecule has 0 fully saturated rings. The Morgan fingerprint density at radius 1 is 1.37 bits per heavy atom. The molecule has 0 aliphatic rings. The average molecular weight is 284 g/mol. The number of thiazole rings is 1. The Hall–Kier alpha value is -1.53. The molecule has 0 bridgehead atoms. The summed E-state index contributed by atoms with van der Waals surface area (Å²) in [5.74, 6) is -1.27. The van der Waals surface area contributed by atoms with Crippen molar-refractivity contribution in [2.75, 3.05) is 13.7 Å². The Bertz CT molecular complexity index is 634. The van der Waals surface area contributed by atoms with E-state index in [1.165, 1.54) is 23.5 Å². The van der Waals surface area contributed by atoms with Crippen molar-refractivity contribution < 1.29 is 13.5 Å². The molecule has 1 aromatic heterocycles. The van der Waals surface area contributed by atoms with Gasteiger partial charge in [-0.3, -0.25) is 0 Å². The largest absolute Gasteiger partial charge is 0.383 e. The van der Waals surface area contributed by atoms with Crippen molar-refractivity contribution in [1.82, 2.24) is 4.57 Å². The summed E-state index contributed by atoms with van der Waals surface area (Å²) in [4.78, 5) is 4.91. The third kappa shape index (κ3) is 3.27. The number of benzene rings is 1. The monoisotopic (exact) mass is 284 g/mol. The zero-order valence-electron chi connectivity index (χ0n) is 10.7. The lowest BCUT2D eigenvalue weighted by Crippen LogP contribution is -2.18. The molecule has 102 valence electrons. The number of rotatable bonds is 4. The van der Waals surface area contributed by atoms with E-state index in [9.17, 15) is 8.78 Å². The number of nitrogens with zero attached hydrogens (tertiary/aromatic N) is 2. The lowest BCUT2D eigenvalue weighted by Gasteiger charge is -2.04. The summed E-state index contributed by atoms with van der Waals surface area (Å²) < 4.78 is 33.4. The van der Waals surface area contributed by atoms with E-state index in [4.69, 9.17) is 4.74 Å². The molecule has 0 saturated carbocycles. The third-order valence-electron chi connectivity index (χ3n) is 2.64. The van der Waals surface area contributed by atoms with Gasteiger partial charge in [-0.2, -0.15) is 0 Å². The zero-order chi connectivity index (χ0) is 13.8. The fourth-order valence-electron chi connectivity index (χ4n) is 1.63. The lowest BCUT2D eigenvalue weighted by atomic mass is 10.3. The Balaban J connectivity index is 2.43. The molecular weight excluding hydrogens is 270 g/mol. The average Bonchev–Trinajstić information content (AvgIpc) is 2.71. The van der Waals surface area contributed by atoms with Crippen LogP contribution in [-0.4, -0.2) is 18.3 Å². The van der Waals surface area contributed by atoms with Crippen molar-refractivity contribution in [3.63, 3.8) is 0 Å². The Labute approximate surface area is 113 Å². The molecule has 19 heavy (non-hydrogen) atoms. The van der Waals surface area contributed by atoms with E-state index < -0.39 is 11.6 Å². The number of hydrogen-bond acceptors (Lipinski definition) is 3. The molecule has 0 radical (unpaired) electrons. The standard InChI is InChI=1S/C13H14F2N2OS/c1-9-8-19-13(17(9)5-6-18-2)16-12-4-3-10(14)7-11(12)15/h3-4,7-8H,5-6H2,1-2H3. The van der Waals surface area contributed by atoms with Gasteiger partial charge in [-0.05, 0) is 19.1 Å². The van der Waals surface area contributed by atoms with Crippen LogP contribution in [-0.2, 0) is 11.3 Å². The minimum Gasteiger partial charge on any atom is -0.383 e. The van der Waals surface area contributed by atoms with Crippen LogP contribution in [0.5, 0.6) is 0 Å². The van der Waals surface area contributed by atoms with Crippen molar-refractivity contribution >= 4 is 17.0 Å². The first-order valence-electron chi connectivity index (χ1n) is 5.75. The van der Waals surface area contributed by atoms with Crippen LogP contribution < -0.4 is 4.80 Å². The summed E-state index contributed by atoms with van der Waals surface area (Å²) >= 11 is 1.41. The van der Waals surface area contributed by atoms with E-state index in [2.05, 4.69) is 4.99 Å². The van der Waals surface area contributed by atoms with Gasteiger partial charge in [-0.25, -0.2) is 13.8 Å². The lowest BCUT2D eigenvalue weighted by molar-refractivity contribution is 0.186. The van der Waals surface area contributed by atoms with Crippen LogP contribution in [0.2, 0.25) is 0 Å². The summed E-state index contributed by atoms with van der Waals surface area (Å²) in [5, 5.41) is 1.94. The second-order valence-electron chi connectivity index (χ2n) is 4.01. The van der Waals surface area contributed by atoms with Crippen LogP contribution in [0.25, 0.3) is 0 Å². The van der Waals surface area contributed by atoms with Crippen molar-refractivity contribution in [2.24, 2.45) is 4.99 Å². The summed E-state index contributed by atoms with van der Waals surface area (Å²) in [5.41, 5.74) is 1.16. The second-order valence-corrected chi connectivity index (χ2v) is 4.85. The zero-order valence-corrected chi connectivity index (χ0v) is 11.5. The van der Waals surface area contributed by atoms with Gasteiger partial charge in [-0.1, -0.05) is 0 Å². The highest BCUT2D eigenvalue weighted by Crippen LogP contribution is 2.18. The van der Waals surface area contributed by atoms with Crippen molar-refractivity contribution in [3.8, 4) is 0 Å². The predicted octanol–water partition coefficient (Wildman–Crippen LogP) is 3.02. The maximum Gasteiger partial charge on any atom is 0.190 e. The number of aromatic nitrogens is 1. The first kappa shape index (κ1) is 13.9. The third-order valence-corrected chi connectivity index (χ3v) is 3.62. The molecule has 0 spiro atoms. The number of hydrogen-bond donors (Lipinski definition) is 0. The summed E-state index contributed by atoms with van der Waals surface area (Å²) in [7, 11) is 1.62. The molecule has 6 heteroatoms. The van der Waals surface area contributed by atoms with Crippen LogP contribution >= 0.6 is 11.3 Å². The fraction of sp³-hybridized carbons (Fsp3) is 0.308. The van der Waals surface area contributed by atoms with E-state index >= 15 is 0 Å². The van der Waals surface area contributed by atoms with Gasteiger partial charge in [0.05, 0.1) is 6.61 Å². The van der Waals surface area contributed by atoms with Crippen molar-refractivity contribution in [2.45, 2.75) is 13.5 Å². The normalized spacial score (nSPS) is 12.1. The van der Waals surface area contributed by atoms with Crippen molar-refractivity contribution in [1.29, 1.82) is 0 Å². The quantitative estimate of drug-likeness (QED) is 0.847. The summed E-state index contributed by atoms with van der Waals surface area (Å²) in [6.45, 7) is 3.15. The number of aryl methyl sites for hydroxylation is 1. The predicted molar refractivity (Wildman–Crippen MR) is 70.5 cm³/mol. The molecule has 2 rings (SSSR count). The molecule has 1 heterocycles. The van der Waals surface area contributed by atoms with Gasteiger partial charge in [0.15, 0.2) is 10.6 Å². The highest BCUT2D eigenvalue weighted by molar-refractivity contribution is 7.07. The van der Waals surface area contributed by atoms with Gasteiger partial charge in [-0.15, -0.1) is 11.3 Å². The minimum atomic E-state index is -0.663. The van der Waals surface area contributed by atoms with E-state index in [-0.39, 0.29) is 5.69 Å².